The van der Waals surface area contributed by atoms with Crippen LogP contribution >= 0.6 is 15.9 Å². The molecule has 0 aliphatic carbocycles. The summed E-state index contributed by atoms with van der Waals surface area (Å²) in [6.45, 7) is 8.93. The van der Waals surface area contributed by atoms with Crippen molar-refractivity contribution in [1.29, 1.82) is 0 Å². The molecule has 1 atom stereocenters. The van der Waals surface area contributed by atoms with Gasteiger partial charge in [-0.15, -0.1) is 0 Å². The highest BCUT2D eigenvalue weighted by Gasteiger charge is 2.30. The average molecular weight is 539 g/mol. The van der Waals surface area contributed by atoms with Crippen LogP contribution in [-0.4, -0.2) is 50.0 Å². The summed E-state index contributed by atoms with van der Waals surface area (Å²) in [4.78, 5) is 27.6. The average Bonchev–Trinajstić information content (AvgIpc) is 2.71. The molecule has 0 bridgehead atoms. The maximum atomic E-state index is 13.5. The van der Waals surface area contributed by atoms with Crippen molar-refractivity contribution in [3.63, 3.8) is 0 Å². The minimum Gasteiger partial charge on any atom is -0.352 e. The van der Waals surface area contributed by atoms with Crippen LogP contribution in [0.5, 0.6) is 0 Å². The van der Waals surface area contributed by atoms with Crippen LogP contribution in [0.1, 0.15) is 37.5 Å². The number of nitrogens with zero attached hydrogens (tertiary/aromatic N) is 2. The van der Waals surface area contributed by atoms with Crippen molar-refractivity contribution < 1.29 is 18.0 Å². The number of amides is 2. The van der Waals surface area contributed by atoms with Gasteiger partial charge in [-0.1, -0.05) is 45.8 Å². The summed E-state index contributed by atoms with van der Waals surface area (Å²) in [7, 11) is -3.75. The molecule has 33 heavy (non-hydrogen) atoms. The van der Waals surface area contributed by atoms with E-state index in [0.29, 0.717) is 5.69 Å². The number of nitrogens with one attached hydrogen (secondary N) is 1. The van der Waals surface area contributed by atoms with E-state index in [4.69, 9.17) is 0 Å². The van der Waals surface area contributed by atoms with Crippen LogP contribution in [0.15, 0.2) is 46.9 Å². The van der Waals surface area contributed by atoms with E-state index >= 15 is 0 Å². The first-order valence-electron chi connectivity index (χ1n) is 10.7. The zero-order valence-corrected chi connectivity index (χ0v) is 22.3. The quantitative estimate of drug-likeness (QED) is 0.527. The molecule has 0 fully saturated rings. The topological polar surface area (TPSA) is 86.8 Å². The molecule has 0 radical (unpaired) electrons. The van der Waals surface area contributed by atoms with Crippen molar-refractivity contribution in [2.45, 2.75) is 53.2 Å². The van der Waals surface area contributed by atoms with E-state index < -0.39 is 28.5 Å². The highest BCUT2D eigenvalue weighted by molar-refractivity contribution is 9.10. The van der Waals surface area contributed by atoms with Crippen LogP contribution in [0.25, 0.3) is 0 Å². The predicted octanol–water partition coefficient (Wildman–Crippen LogP) is 3.77. The maximum Gasteiger partial charge on any atom is 0.244 e. The van der Waals surface area contributed by atoms with Crippen LogP contribution in [0.4, 0.5) is 5.69 Å². The SMILES string of the molecule is Cc1ccc(CN(C(=O)CN(c2ccc(Br)c(C)c2)S(C)(=O)=O)[C@@H](C)C(=O)NC(C)C)cc1. The lowest BCUT2D eigenvalue weighted by molar-refractivity contribution is -0.139. The number of halogens is 1. The van der Waals surface area contributed by atoms with Gasteiger partial charge in [-0.2, -0.15) is 0 Å². The van der Waals surface area contributed by atoms with Gasteiger partial charge in [0.15, 0.2) is 0 Å². The van der Waals surface area contributed by atoms with Gasteiger partial charge in [0.05, 0.1) is 11.9 Å². The van der Waals surface area contributed by atoms with Crippen LogP contribution in [-0.2, 0) is 26.2 Å². The van der Waals surface area contributed by atoms with Crippen molar-refractivity contribution in [2.75, 3.05) is 17.1 Å². The Morgan fingerprint density at radius 3 is 2.15 bits per heavy atom. The third-order valence-corrected chi connectivity index (χ3v) is 7.21. The summed E-state index contributed by atoms with van der Waals surface area (Å²) in [6, 6.07) is 11.9. The molecule has 0 heterocycles. The minimum absolute atomic E-state index is 0.0884. The normalized spacial score (nSPS) is 12.4. The lowest BCUT2D eigenvalue weighted by atomic mass is 10.1. The fraction of sp³-hybridized carbons (Fsp3) is 0.417. The van der Waals surface area contributed by atoms with Crippen molar-refractivity contribution in [3.05, 3.63) is 63.6 Å². The Labute approximate surface area is 205 Å². The lowest BCUT2D eigenvalue weighted by Gasteiger charge is -2.32. The number of hydrogen-bond donors (Lipinski definition) is 1. The highest BCUT2D eigenvalue weighted by Crippen LogP contribution is 2.25. The highest BCUT2D eigenvalue weighted by atomic mass is 79.9. The lowest BCUT2D eigenvalue weighted by Crippen LogP contribution is -2.52. The van der Waals surface area contributed by atoms with Gasteiger partial charge in [0, 0.05) is 17.1 Å². The molecule has 0 aliphatic rings. The van der Waals surface area contributed by atoms with E-state index in [1.807, 2.05) is 52.0 Å². The molecule has 0 saturated carbocycles. The number of carbonyl (C=O) groups is 2. The molecule has 0 aromatic heterocycles. The maximum absolute atomic E-state index is 13.5. The van der Waals surface area contributed by atoms with Crippen molar-refractivity contribution in [3.8, 4) is 0 Å². The molecule has 9 heteroatoms. The third kappa shape index (κ3) is 7.57. The van der Waals surface area contributed by atoms with Crippen LogP contribution < -0.4 is 9.62 Å². The van der Waals surface area contributed by atoms with Crippen molar-refractivity contribution >= 4 is 43.5 Å². The van der Waals surface area contributed by atoms with Crippen LogP contribution in [0, 0.1) is 13.8 Å². The first-order chi connectivity index (χ1) is 15.3. The van der Waals surface area contributed by atoms with E-state index in [9.17, 15) is 18.0 Å². The molecule has 0 aliphatic heterocycles. The molecule has 180 valence electrons. The first kappa shape index (κ1) is 26.9. The first-order valence-corrected chi connectivity index (χ1v) is 13.3. The zero-order valence-electron chi connectivity index (χ0n) is 19.9. The molecule has 0 unspecified atom stereocenters. The fourth-order valence-electron chi connectivity index (χ4n) is 3.28. The van der Waals surface area contributed by atoms with Gasteiger partial charge < -0.3 is 10.2 Å². The predicted molar refractivity (Wildman–Crippen MR) is 136 cm³/mol. The van der Waals surface area contributed by atoms with E-state index in [2.05, 4.69) is 21.2 Å². The van der Waals surface area contributed by atoms with Crippen molar-refractivity contribution in [2.24, 2.45) is 0 Å². The molecular formula is C24H32BrN3O4S. The monoisotopic (exact) mass is 537 g/mol. The Morgan fingerprint density at radius 2 is 1.64 bits per heavy atom. The largest absolute Gasteiger partial charge is 0.352 e. The van der Waals surface area contributed by atoms with Crippen LogP contribution in [0.2, 0.25) is 0 Å². The van der Waals surface area contributed by atoms with Gasteiger partial charge >= 0.3 is 0 Å². The number of anilines is 1. The molecular weight excluding hydrogens is 506 g/mol. The van der Waals surface area contributed by atoms with E-state index in [1.165, 1.54) is 4.90 Å². The Morgan fingerprint density at radius 1 is 1.03 bits per heavy atom. The molecule has 7 nitrogen and oxygen atoms in total. The second kappa shape index (κ2) is 11.2. The van der Waals surface area contributed by atoms with E-state index in [-0.39, 0.29) is 18.5 Å². The van der Waals surface area contributed by atoms with Gasteiger partial charge in [0.2, 0.25) is 21.8 Å². The summed E-state index contributed by atoms with van der Waals surface area (Å²) in [6.07, 6.45) is 1.07. The standard InChI is InChI=1S/C24H32BrN3O4S/c1-16(2)26-24(30)19(5)27(14-20-9-7-17(3)8-10-20)23(29)15-28(33(6,31)32)21-11-12-22(25)18(4)13-21/h7-13,16,19H,14-15H2,1-6H3,(H,26,30)/t19-/m0/s1. The zero-order chi connectivity index (χ0) is 24.9. The molecule has 0 saturated heterocycles. The number of sulfonamides is 1. The van der Waals surface area contributed by atoms with E-state index in [0.717, 1.165) is 31.7 Å². The summed E-state index contributed by atoms with van der Waals surface area (Å²) in [5, 5.41) is 2.83. The van der Waals surface area contributed by atoms with Gasteiger partial charge in [0.25, 0.3) is 0 Å². The molecule has 2 rings (SSSR count). The Kier molecular flexibility index (Phi) is 9.08. The number of rotatable bonds is 9. The Balaban J connectivity index is 2.40. The summed E-state index contributed by atoms with van der Waals surface area (Å²) in [5.41, 5.74) is 3.16. The molecule has 2 aromatic carbocycles. The van der Waals surface area contributed by atoms with Crippen molar-refractivity contribution in [1.82, 2.24) is 10.2 Å². The second-order valence-corrected chi connectivity index (χ2v) is 11.3. The molecule has 2 amide bonds. The van der Waals surface area contributed by atoms with Gasteiger partial charge in [-0.3, -0.25) is 13.9 Å². The number of hydrogen-bond acceptors (Lipinski definition) is 4. The summed E-state index contributed by atoms with van der Waals surface area (Å²) < 4.78 is 27.1. The van der Waals surface area contributed by atoms with Crippen LogP contribution in [0.3, 0.4) is 0 Å². The fourth-order valence-corrected chi connectivity index (χ4v) is 4.36. The van der Waals surface area contributed by atoms with Gasteiger partial charge in [0.1, 0.15) is 12.6 Å². The summed E-state index contributed by atoms with van der Waals surface area (Å²) in [5.74, 6) is -0.760. The Bertz CT molecular complexity index is 1100. The van der Waals surface area contributed by atoms with Gasteiger partial charge in [-0.05, 0) is 63.9 Å². The molecule has 0 spiro atoms. The van der Waals surface area contributed by atoms with E-state index in [1.54, 1.807) is 25.1 Å². The molecule has 2 aromatic rings. The summed E-state index contributed by atoms with van der Waals surface area (Å²) >= 11 is 3.41. The second-order valence-electron chi connectivity index (χ2n) is 8.55. The third-order valence-electron chi connectivity index (χ3n) is 5.18. The number of carbonyl (C=O) groups excluding carboxylic acids is 2. The smallest absolute Gasteiger partial charge is 0.244 e. The number of aryl methyl sites for hydroxylation is 2. The minimum atomic E-state index is -3.75. The number of benzene rings is 2. The Hall–Kier alpha value is -2.39. The van der Waals surface area contributed by atoms with Gasteiger partial charge in [-0.25, -0.2) is 8.42 Å². The molecule has 1 N–H and O–H groups in total.